The summed E-state index contributed by atoms with van der Waals surface area (Å²) >= 11 is 5.81. The number of halogens is 1. The van der Waals surface area contributed by atoms with Crippen LogP contribution in [0.5, 0.6) is 0 Å². The van der Waals surface area contributed by atoms with Crippen molar-refractivity contribution in [1.29, 1.82) is 5.26 Å². The van der Waals surface area contributed by atoms with Gasteiger partial charge < -0.3 is 15.3 Å². The second-order valence-corrected chi connectivity index (χ2v) is 4.54. The minimum absolute atomic E-state index is 0.247. The van der Waals surface area contributed by atoms with E-state index >= 15 is 0 Å². The van der Waals surface area contributed by atoms with E-state index < -0.39 is 18.0 Å². The number of benzene rings is 1. The highest BCUT2D eigenvalue weighted by Crippen LogP contribution is 2.21. The van der Waals surface area contributed by atoms with Gasteiger partial charge in [-0.1, -0.05) is 18.5 Å². The summed E-state index contributed by atoms with van der Waals surface area (Å²) in [4.78, 5) is 24.1. The second kappa shape index (κ2) is 6.78. The number of carboxylic acid groups (broad SMARTS) is 1. The number of nitriles is 1. The van der Waals surface area contributed by atoms with Crippen LogP contribution in [0.3, 0.4) is 0 Å². The zero-order valence-electron chi connectivity index (χ0n) is 11.1. The van der Waals surface area contributed by atoms with Gasteiger partial charge in [0.1, 0.15) is 12.1 Å². The molecule has 0 bridgehead atoms. The van der Waals surface area contributed by atoms with Gasteiger partial charge >= 0.3 is 12.0 Å². The lowest BCUT2D eigenvalue weighted by molar-refractivity contribution is -0.141. The van der Waals surface area contributed by atoms with E-state index in [-0.39, 0.29) is 17.7 Å². The second-order valence-electron chi connectivity index (χ2n) is 4.11. The van der Waals surface area contributed by atoms with Crippen molar-refractivity contribution in [3.63, 3.8) is 0 Å². The molecule has 1 aromatic carbocycles. The summed E-state index contributed by atoms with van der Waals surface area (Å²) in [5.74, 6) is -1.09. The molecule has 2 N–H and O–H groups in total. The molecule has 0 aliphatic heterocycles. The summed E-state index contributed by atoms with van der Waals surface area (Å²) in [7, 11) is 1.38. The normalized spacial score (nSPS) is 11.3. The summed E-state index contributed by atoms with van der Waals surface area (Å²) in [5, 5.41) is 20.8. The molecule has 7 heteroatoms. The molecule has 1 unspecified atom stereocenters. The summed E-state index contributed by atoms with van der Waals surface area (Å²) in [6, 6.07) is 4.83. The molecule has 0 radical (unpaired) electrons. The standard InChI is InChI=1S/C13H14ClN3O3/c1-3-11(12(18)19)17(2)13(20)16-10-6-9(14)5-4-8(10)7-15/h4-6,11H,3H2,1-2H3,(H,16,20)(H,18,19). The van der Waals surface area contributed by atoms with Gasteiger partial charge in [0.15, 0.2) is 0 Å². The lowest BCUT2D eigenvalue weighted by Gasteiger charge is -2.24. The number of hydrogen-bond acceptors (Lipinski definition) is 3. The van der Waals surface area contributed by atoms with E-state index in [0.29, 0.717) is 5.02 Å². The first kappa shape index (κ1) is 15.8. The van der Waals surface area contributed by atoms with Crippen molar-refractivity contribution < 1.29 is 14.7 Å². The van der Waals surface area contributed by atoms with Crippen LogP contribution in [-0.4, -0.2) is 35.1 Å². The Kier molecular flexibility index (Phi) is 5.35. The fourth-order valence-electron chi connectivity index (χ4n) is 1.68. The van der Waals surface area contributed by atoms with Crippen LogP contribution in [0.4, 0.5) is 10.5 Å². The third-order valence-electron chi connectivity index (χ3n) is 2.80. The van der Waals surface area contributed by atoms with Crippen LogP contribution in [0, 0.1) is 11.3 Å². The van der Waals surface area contributed by atoms with Crippen LogP contribution in [0.1, 0.15) is 18.9 Å². The molecule has 20 heavy (non-hydrogen) atoms. The minimum Gasteiger partial charge on any atom is -0.480 e. The van der Waals surface area contributed by atoms with Crippen molar-refractivity contribution in [2.75, 3.05) is 12.4 Å². The first-order valence-electron chi connectivity index (χ1n) is 5.87. The molecule has 0 spiro atoms. The quantitative estimate of drug-likeness (QED) is 0.892. The zero-order chi connectivity index (χ0) is 15.3. The van der Waals surface area contributed by atoms with E-state index in [0.717, 1.165) is 4.90 Å². The molecule has 1 aromatic rings. The van der Waals surface area contributed by atoms with Gasteiger partial charge in [-0.2, -0.15) is 5.26 Å². The van der Waals surface area contributed by atoms with Gasteiger partial charge in [-0.15, -0.1) is 0 Å². The van der Waals surface area contributed by atoms with Crippen molar-refractivity contribution in [3.05, 3.63) is 28.8 Å². The van der Waals surface area contributed by atoms with Gasteiger partial charge in [0.2, 0.25) is 0 Å². The fourth-order valence-corrected chi connectivity index (χ4v) is 1.85. The third kappa shape index (κ3) is 3.62. The Labute approximate surface area is 121 Å². The Morgan fingerprint density at radius 3 is 2.70 bits per heavy atom. The summed E-state index contributed by atoms with van der Waals surface area (Å²) < 4.78 is 0. The molecule has 0 heterocycles. The van der Waals surface area contributed by atoms with Crippen LogP contribution < -0.4 is 5.32 Å². The summed E-state index contributed by atoms with van der Waals surface area (Å²) in [6.07, 6.45) is 0.278. The Hall–Kier alpha value is -2.26. The molecule has 0 aliphatic carbocycles. The predicted octanol–water partition coefficient (Wildman–Crippen LogP) is 2.54. The Morgan fingerprint density at radius 2 is 2.20 bits per heavy atom. The van der Waals surface area contributed by atoms with Gasteiger partial charge in [0.25, 0.3) is 0 Å². The van der Waals surface area contributed by atoms with E-state index in [1.165, 1.54) is 25.2 Å². The molecule has 0 aliphatic rings. The van der Waals surface area contributed by atoms with Gasteiger partial charge in [0, 0.05) is 12.1 Å². The maximum Gasteiger partial charge on any atom is 0.326 e. The van der Waals surface area contributed by atoms with Crippen molar-refractivity contribution in [1.82, 2.24) is 4.90 Å². The van der Waals surface area contributed by atoms with Gasteiger partial charge in [-0.3, -0.25) is 0 Å². The first-order chi connectivity index (χ1) is 9.40. The molecule has 0 fully saturated rings. The smallest absolute Gasteiger partial charge is 0.326 e. The average Bonchev–Trinajstić information content (AvgIpc) is 2.39. The van der Waals surface area contributed by atoms with E-state index in [1.54, 1.807) is 6.92 Å². The summed E-state index contributed by atoms with van der Waals surface area (Å²) in [5.41, 5.74) is 0.497. The van der Waals surface area contributed by atoms with Gasteiger partial charge in [-0.25, -0.2) is 9.59 Å². The monoisotopic (exact) mass is 295 g/mol. The van der Waals surface area contributed by atoms with Gasteiger partial charge in [-0.05, 0) is 24.6 Å². The third-order valence-corrected chi connectivity index (χ3v) is 3.04. The first-order valence-corrected chi connectivity index (χ1v) is 6.24. The highest BCUT2D eigenvalue weighted by Gasteiger charge is 2.25. The molecule has 2 amide bonds. The number of nitrogens with one attached hydrogen (secondary N) is 1. The molecule has 0 aromatic heterocycles. The molecule has 6 nitrogen and oxygen atoms in total. The lowest BCUT2D eigenvalue weighted by Crippen LogP contribution is -2.44. The van der Waals surface area contributed by atoms with Crippen LogP contribution in [0.2, 0.25) is 5.02 Å². The number of hydrogen-bond donors (Lipinski definition) is 2. The van der Waals surface area contributed by atoms with E-state index in [2.05, 4.69) is 5.32 Å². The Balaban J connectivity index is 2.93. The van der Waals surface area contributed by atoms with Crippen molar-refractivity contribution in [2.45, 2.75) is 19.4 Å². The fraction of sp³-hybridized carbons (Fsp3) is 0.308. The number of urea groups is 1. The molecule has 1 rings (SSSR count). The number of carbonyl (C=O) groups excluding carboxylic acids is 1. The van der Waals surface area contributed by atoms with Crippen LogP contribution in [-0.2, 0) is 4.79 Å². The molecule has 0 saturated carbocycles. The number of amides is 2. The van der Waals surface area contributed by atoms with Crippen LogP contribution in [0.15, 0.2) is 18.2 Å². The predicted molar refractivity (Wildman–Crippen MR) is 74.7 cm³/mol. The maximum atomic E-state index is 12.0. The number of carbonyl (C=O) groups is 2. The lowest BCUT2D eigenvalue weighted by atomic mass is 10.2. The molecule has 0 saturated heterocycles. The Morgan fingerprint density at radius 1 is 1.55 bits per heavy atom. The van der Waals surface area contributed by atoms with E-state index in [1.807, 2.05) is 6.07 Å². The van der Waals surface area contributed by atoms with Crippen molar-refractivity contribution in [2.24, 2.45) is 0 Å². The van der Waals surface area contributed by atoms with E-state index in [9.17, 15) is 9.59 Å². The van der Waals surface area contributed by atoms with Crippen molar-refractivity contribution in [3.8, 4) is 6.07 Å². The van der Waals surface area contributed by atoms with E-state index in [4.69, 9.17) is 22.0 Å². The van der Waals surface area contributed by atoms with Gasteiger partial charge in [0.05, 0.1) is 11.3 Å². The number of rotatable bonds is 4. The molecule has 1 atom stereocenters. The average molecular weight is 296 g/mol. The number of likely N-dealkylation sites (N-methyl/N-ethyl adjacent to an activating group) is 1. The molecule has 106 valence electrons. The SMILES string of the molecule is CCC(C(=O)O)N(C)C(=O)Nc1cc(Cl)ccc1C#N. The minimum atomic E-state index is -1.09. The van der Waals surface area contributed by atoms with Crippen molar-refractivity contribution >= 4 is 29.3 Å². The zero-order valence-corrected chi connectivity index (χ0v) is 11.8. The van der Waals surface area contributed by atoms with Crippen LogP contribution >= 0.6 is 11.6 Å². The number of aliphatic carboxylic acids is 1. The summed E-state index contributed by atoms with van der Waals surface area (Å²) in [6.45, 7) is 1.67. The largest absolute Gasteiger partial charge is 0.480 e. The molecular weight excluding hydrogens is 282 g/mol. The number of anilines is 1. The molecular formula is C13H14ClN3O3. The van der Waals surface area contributed by atoms with Crippen LogP contribution in [0.25, 0.3) is 0 Å². The number of carboxylic acids is 1. The highest BCUT2D eigenvalue weighted by atomic mass is 35.5. The number of nitrogens with zero attached hydrogens (tertiary/aromatic N) is 2. The highest BCUT2D eigenvalue weighted by molar-refractivity contribution is 6.31. The maximum absolute atomic E-state index is 12.0. The topological polar surface area (TPSA) is 93.4 Å². The Bertz CT molecular complexity index is 568.